The maximum absolute atomic E-state index is 10.6. The smallest absolute Gasteiger partial charge is 0.345 e. The molecule has 0 aliphatic heterocycles. The average molecular weight is 167 g/mol. The number of rotatable bonds is 2. The first-order valence-corrected chi connectivity index (χ1v) is 3.85. The number of carbonyl (C=O) groups is 1. The zero-order valence-corrected chi connectivity index (χ0v) is 6.75. The molecule has 0 aromatic rings. The van der Waals surface area contributed by atoms with Gasteiger partial charge in [-0.2, -0.15) is 0 Å². The average Bonchev–Trinajstić information content (AvgIpc) is 1.90. The molecule has 0 unspecified atom stereocenters. The van der Waals surface area contributed by atoms with Crippen LogP contribution in [0.5, 0.6) is 0 Å². The largest absolute Gasteiger partial charge is 0.465 e. The maximum Gasteiger partial charge on any atom is 0.345 e. The molecule has 0 amide bonds. The van der Waals surface area contributed by atoms with E-state index in [1.54, 1.807) is 6.26 Å². The van der Waals surface area contributed by atoms with Gasteiger partial charge >= 0.3 is 5.97 Å². The van der Waals surface area contributed by atoms with Gasteiger partial charge in [0.2, 0.25) is 0 Å². The SMILES string of the molecule is COC(=O)/C(=C/Cl)SC. The molecular weight excluding hydrogens is 160 g/mol. The lowest BCUT2D eigenvalue weighted by Crippen LogP contribution is -2.00. The minimum atomic E-state index is -0.391. The highest BCUT2D eigenvalue weighted by Gasteiger charge is 2.05. The first kappa shape index (κ1) is 8.85. The molecule has 0 radical (unpaired) electrons. The van der Waals surface area contributed by atoms with E-state index >= 15 is 0 Å². The van der Waals surface area contributed by atoms with Crippen LogP contribution in [0.15, 0.2) is 10.4 Å². The van der Waals surface area contributed by atoms with Gasteiger partial charge in [-0.3, -0.25) is 0 Å². The molecule has 9 heavy (non-hydrogen) atoms. The van der Waals surface area contributed by atoms with Crippen molar-refractivity contribution < 1.29 is 9.53 Å². The Kier molecular flexibility index (Phi) is 4.62. The molecule has 0 aliphatic carbocycles. The molecular formula is C5H7ClO2S. The molecule has 0 N–H and O–H groups in total. The summed E-state index contributed by atoms with van der Waals surface area (Å²) in [6.07, 6.45) is 1.76. The van der Waals surface area contributed by atoms with Crippen LogP contribution in [0.4, 0.5) is 0 Å². The minimum Gasteiger partial charge on any atom is -0.465 e. The van der Waals surface area contributed by atoms with Crippen LogP contribution in [0.25, 0.3) is 0 Å². The molecule has 0 atom stereocenters. The summed E-state index contributed by atoms with van der Waals surface area (Å²) < 4.78 is 4.38. The number of ether oxygens (including phenoxy) is 1. The van der Waals surface area contributed by atoms with E-state index in [0.29, 0.717) is 4.91 Å². The van der Waals surface area contributed by atoms with Crippen LogP contribution >= 0.6 is 23.4 Å². The fraction of sp³-hybridized carbons (Fsp3) is 0.400. The molecule has 2 nitrogen and oxygen atoms in total. The monoisotopic (exact) mass is 166 g/mol. The van der Waals surface area contributed by atoms with Crippen molar-refractivity contribution in [3.8, 4) is 0 Å². The molecule has 0 aromatic carbocycles. The molecule has 0 aromatic heterocycles. The molecule has 0 fully saturated rings. The third-order valence-electron chi connectivity index (χ3n) is 0.706. The van der Waals surface area contributed by atoms with E-state index in [9.17, 15) is 4.79 Å². The van der Waals surface area contributed by atoms with Gasteiger partial charge in [-0.1, -0.05) is 11.6 Å². The lowest BCUT2D eigenvalue weighted by Gasteiger charge is -1.96. The third kappa shape index (κ3) is 2.77. The van der Waals surface area contributed by atoms with Gasteiger partial charge in [0.05, 0.1) is 7.11 Å². The van der Waals surface area contributed by atoms with Gasteiger partial charge in [0, 0.05) is 5.54 Å². The van der Waals surface area contributed by atoms with Gasteiger partial charge < -0.3 is 4.74 Å². The van der Waals surface area contributed by atoms with Gasteiger partial charge in [-0.25, -0.2) is 4.79 Å². The number of halogens is 1. The summed E-state index contributed by atoms with van der Waals surface area (Å²) in [4.78, 5) is 11.0. The summed E-state index contributed by atoms with van der Waals surface area (Å²) in [5.41, 5.74) is 1.20. The van der Waals surface area contributed by atoms with Crippen LogP contribution in [-0.4, -0.2) is 19.3 Å². The Morgan fingerprint density at radius 3 is 2.44 bits per heavy atom. The summed E-state index contributed by atoms with van der Waals surface area (Å²) in [6.45, 7) is 0. The van der Waals surface area contributed by atoms with Gasteiger partial charge in [-0.05, 0) is 6.26 Å². The van der Waals surface area contributed by atoms with E-state index in [4.69, 9.17) is 11.6 Å². The van der Waals surface area contributed by atoms with E-state index in [0.717, 1.165) is 0 Å². The van der Waals surface area contributed by atoms with Crippen molar-refractivity contribution in [1.29, 1.82) is 0 Å². The Morgan fingerprint density at radius 1 is 1.78 bits per heavy atom. The number of hydrogen-bond donors (Lipinski definition) is 0. The van der Waals surface area contributed by atoms with E-state index in [1.165, 1.54) is 24.4 Å². The second-order valence-corrected chi connectivity index (χ2v) is 2.24. The quantitative estimate of drug-likeness (QED) is 0.461. The van der Waals surface area contributed by atoms with E-state index in [1.807, 2.05) is 0 Å². The van der Waals surface area contributed by atoms with Gasteiger partial charge in [0.15, 0.2) is 0 Å². The van der Waals surface area contributed by atoms with Crippen molar-refractivity contribution in [2.45, 2.75) is 0 Å². The standard InChI is InChI=1S/C5H7ClO2S/c1-8-5(7)4(3-6)9-2/h3H,1-2H3/b4-3-. The first-order valence-electron chi connectivity index (χ1n) is 2.19. The van der Waals surface area contributed by atoms with E-state index in [-0.39, 0.29) is 0 Å². The van der Waals surface area contributed by atoms with Crippen molar-refractivity contribution in [3.05, 3.63) is 10.4 Å². The topological polar surface area (TPSA) is 26.3 Å². The predicted molar refractivity (Wildman–Crippen MR) is 39.5 cm³/mol. The minimum absolute atomic E-state index is 0.391. The first-order chi connectivity index (χ1) is 4.26. The van der Waals surface area contributed by atoms with Crippen molar-refractivity contribution >= 4 is 29.3 Å². The second kappa shape index (κ2) is 4.70. The summed E-state index contributed by atoms with van der Waals surface area (Å²) in [5, 5.41) is 0. The molecule has 0 saturated carbocycles. The number of carbonyl (C=O) groups excluding carboxylic acids is 1. The highest BCUT2D eigenvalue weighted by atomic mass is 35.5. The number of esters is 1. The lowest BCUT2D eigenvalue weighted by atomic mass is 10.6. The lowest BCUT2D eigenvalue weighted by molar-refractivity contribution is -0.135. The fourth-order valence-electron chi connectivity index (χ4n) is 0.273. The molecule has 0 rings (SSSR count). The number of methoxy groups -OCH3 is 1. The molecule has 0 bridgehead atoms. The van der Waals surface area contributed by atoms with Crippen molar-refractivity contribution in [1.82, 2.24) is 0 Å². The third-order valence-corrected chi connectivity index (χ3v) is 1.78. The molecule has 0 saturated heterocycles. The zero-order chi connectivity index (χ0) is 7.28. The highest BCUT2D eigenvalue weighted by Crippen LogP contribution is 2.13. The normalized spacial score (nSPS) is 11.2. The van der Waals surface area contributed by atoms with Crippen molar-refractivity contribution in [3.63, 3.8) is 0 Å². The summed E-state index contributed by atoms with van der Waals surface area (Å²) in [7, 11) is 1.32. The van der Waals surface area contributed by atoms with Crippen LogP contribution in [-0.2, 0) is 9.53 Å². The summed E-state index contributed by atoms with van der Waals surface area (Å²) in [6, 6.07) is 0. The molecule has 0 aliphatic rings. The molecule has 0 spiro atoms. The Balaban J connectivity index is 3.97. The Hall–Kier alpha value is -0.150. The summed E-state index contributed by atoms with van der Waals surface area (Å²) in [5.74, 6) is -0.391. The van der Waals surface area contributed by atoms with Gasteiger partial charge in [0.1, 0.15) is 4.91 Å². The predicted octanol–water partition coefficient (Wildman–Crippen LogP) is 1.60. The van der Waals surface area contributed by atoms with Crippen LogP contribution in [0.1, 0.15) is 0 Å². The Morgan fingerprint density at radius 2 is 2.33 bits per heavy atom. The van der Waals surface area contributed by atoms with Crippen LogP contribution in [0, 0.1) is 0 Å². The zero-order valence-electron chi connectivity index (χ0n) is 5.18. The van der Waals surface area contributed by atoms with Crippen molar-refractivity contribution in [2.24, 2.45) is 0 Å². The van der Waals surface area contributed by atoms with E-state index < -0.39 is 5.97 Å². The Bertz CT molecular complexity index is 133. The van der Waals surface area contributed by atoms with Gasteiger partial charge in [0.25, 0.3) is 0 Å². The second-order valence-electron chi connectivity index (χ2n) is 1.17. The molecule has 4 heteroatoms. The fourth-order valence-corrected chi connectivity index (χ4v) is 0.968. The van der Waals surface area contributed by atoms with Crippen LogP contribution in [0.3, 0.4) is 0 Å². The summed E-state index contributed by atoms with van der Waals surface area (Å²) >= 11 is 6.51. The van der Waals surface area contributed by atoms with E-state index in [2.05, 4.69) is 4.74 Å². The Labute approximate surface area is 63.2 Å². The number of hydrogen-bond acceptors (Lipinski definition) is 3. The number of thioether (sulfide) groups is 1. The highest BCUT2D eigenvalue weighted by molar-refractivity contribution is 8.03. The van der Waals surface area contributed by atoms with Crippen LogP contribution < -0.4 is 0 Å². The van der Waals surface area contributed by atoms with Crippen LogP contribution in [0.2, 0.25) is 0 Å². The molecule has 0 heterocycles. The maximum atomic E-state index is 10.6. The van der Waals surface area contributed by atoms with Crippen molar-refractivity contribution in [2.75, 3.05) is 13.4 Å². The molecule has 52 valence electrons. The van der Waals surface area contributed by atoms with Gasteiger partial charge in [-0.15, -0.1) is 11.8 Å².